The number of nitrogens with one attached hydrogen (secondary N) is 2. The third-order valence-corrected chi connectivity index (χ3v) is 7.25. The molecule has 1 atom stereocenters. The number of ether oxygens (including phenoxy) is 1. The van der Waals surface area contributed by atoms with Crippen molar-refractivity contribution in [3.63, 3.8) is 0 Å². The van der Waals surface area contributed by atoms with Crippen molar-refractivity contribution in [2.75, 3.05) is 19.7 Å². The number of carbonyl (C=O) groups excluding carboxylic acids is 2. The summed E-state index contributed by atoms with van der Waals surface area (Å²) < 4.78 is 33.4. The molecule has 1 fully saturated rings. The van der Waals surface area contributed by atoms with Crippen LogP contribution in [0.4, 0.5) is 0 Å². The lowest BCUT2D eigenvalue weighted by Gasteiger charge is -2.24. The normalized spacial score (nSPS) is 16.8. The van der Waals surface area contributed by atoms with E-state index in [1.54, 1.807) is 13.8 Å². The van der Waals surface area contributed by atoms with Gasteiger partial charge < -0.3 is 15.4 Å². The zero-order valence-electron chi connectivity index (χ0n) is 17.8. The van der Waals surface area contributed by atoms with E-state index in [0.717, 1.165) is 11.1 Å². The lowest BCUT2D eigenvalue weighted by atomic mass is 10.1. The summed E-state index contributed by atoms with van der Waals surface area (Å²) in [6.45, 7) is 5.92. The molecule has 31 heavy (non-hydrogen) atoms. The third kappa shape index (κ3) is 5.30. The number of carbonyl (C=O) groups is 2. The van der Waals surface area contributed by atoms with Gasteiger partial charge in [-0.25, -0.2) is 8.42 Å². The molecule has 0 aromatic heterocycles. The highest BCUT2D eigenvalue weighted by molar-refractivity contribution is 7.89. The Kier molecular flexibility index (Phi) is 7.09. The second-order valence-electron chi connectivity index (χ2n) is 7.55. The fraction of sp³-hybridized carbons (Fsp3) is 0.364. The molecule has 1 heterocycles. The number of aryl methyl sites for hydroxylation is 3. The maximum absolute atomic E-state index is 13.3. The summed E-state index contributed by atoms with van der Waals surface area (Å²) in [5.74, 6) is -1.63. The Bertz CT molecular complexity index is 1050. The van der Waals surface area contributed by atoms with E-state index in [1.165, 1.54) is 4.31 Å². The topological polar surface area (TPSA) is 105 Å². The van der Waals surface area contributed by atoms with Crippen molar-refractivity contribution in [1.82, 2.24) is 14.9 Å². The highest BCUT2D eigenvalue weighted by Crippen LogP contribution is 2.28. The first kappa shape index (κ1) is 22.9. The monoisotopic (exact) mass is 445 g/mol. The molecule has 0 bridgehead atoms. The molecule has 8 nitrogen and oxygen atoms in total. The number of nitrogens with zero attached hydrogens (tertiary/aromatic N) is 1. The van der Waals surface area contributed by atoms with Gasteiger partial charge in [0.15, 0.2) is 0 Å². The number of amides is 2. The highest BCUT2D eigenvalue weighted by atomic mass is 32.2. The predicted molar refractivity (Wildman–Crippen MR) is 116 cm³/mol. The van der Waals surface area contributed by atoms with E-state index >= 15 is 0 Å². The van der Waals surface area contributed by atoms with Crippen LogP contribution >= 0.6 is 0 Å². The van der Waals surface area contributed by atoms with E-state index in [0.29, 0.717) is 11.1 Å². The predicted octanol–water partition coefficient (Wildman–Crippen LogP) is 1.39. The van der Waals surface area contributed by atoms with Crippen LogP contribution in [0.2, 0.25) is 0 Å². The molecular weight excluding hydrogens is 418 g/mol. The summed E-state index contributed by atoms with van der Waals surface area (Å²) in [7, 11) is -3.82. The zero-order valence-corrected chi connectivity index (χ0v) is 18.7. The Morgan fingerprint density at radius 2 is 1.65 bits per heavy atom. The SMILES string of the molecule is Cc1cc(C)c(S(=O)(=O)N2CCO[C@H]2CNC(=O)C(=O)NCc2ccccc2)c(C)c1. The molecule has 1 aliphatic rings. The van der Waals surface area contributed by atoms with Crippen LogP contribution in [-0.2, 0) is 30.9 Å². The molecule has 1 aliphatic heterocycles. The molecular formula is C22H27N3O5S. The van der Waals surface area contributed by atoms with Crippen LogP contribution in [0.25, 0.3) is 0 Å². The van der Waals surface area contributed by atoms with Crippen LogP contribution in [0.5, 0.6) is 0 Å². The number of sulfonamides is 1. The van der Waals surface area contributed by atoms with E-state index in [4.69, 9.17) is 4.74 Å². The minimum absolute atomic E-state index is 0.124. The maximum Gasteiger partial charge on any atom is 0.309 e. The van der Waals surface area contributed by atoms with Crippen LogP contribution in [-0.4, -0.2) is 50.5 Å². The first-order chi connectivity index (χ1) is 14.7. The average Bonchev–Trinajstić information content (AvgIpc) is 3.19. The fourth-order valence-corrected chi connectivity index (χ4v) is 5.68. The van der Waals surface area contributed by atoms with Crippen LogP contribution in [0, 0.1) is 20.8 Å². The molecule has 1 saturated heterocycles. The lowest BCUT2D eigenvalue weighted by Crippen LogP contribution is -2.47. The van der Waals surface area contributed by atoms with Crippen LogP contribution in [0.3, 0.4) is 0 Å². The summed E-state index contributed by atoms with van der Waals surface area (Å²) in [5.41, 5.74) is 3.17. The molecule has 2 N–H and O–H groups in total. The van der Waals surface area contributed by atoms with Crippen molar-refractivity contribution >= 4 is 21.8 Å². The Hall–Kier alpha value is -2.75. The van der Waals surface area contributed by atoms with E-state index < -0.39 is 28.1 Å². The van der Waals surface area contributed by atoms with Gasteiger partial charge in [-0.15, -0.1) is 0 Å². The van der Waals surface area contributed by atoms with Crippen molar-refractivity contribution in [3.05, 3.63) is 64.7 Å². The van der Waals surface area contributed by atoms with Crippen LogP contribution in [0.15, 0.2) is 47.4 Å². The Morgan fingerprint density at radius 1 is 1.03 bits per heavy atom. The molecule has 0 saturated carbocycles. The number of benzene rings is 2. The molecule has 2 amide bonds. The lowest BCUT2D eigenvalue weighted by molar-refractivity contribution is -0.139. The van der Waals surface area contributed by atoms with Gasteiger partial charge >= 0.3 is 11.8 Å². The molecule has 9 heteroatoms. The Balaban J connectivity index is 1.63. The van der Waals surface area contributed by atoms with Crippen molar-refractivity contribution < 1.29 is 22.7 Å². The standard InChI is InChI=1S/C22H27N3O5S/c1-15-11-16(2)20(17(3)12-15)31(28,29)25-9-10-30-19(25)14-24-22(27)21(26)23-13-18-7-5-4-6-8-18/h4-8,11-12,19H,9-10,13-14H2,1-3H3,(H,23,26)(H,24,27)/t19-/m0/s1. The third-order valence-electron chi connectivity index (χ3n) is 5.05. The van der Waals surface area contributed by atoms with Gasteiger partial charge in [-0.3, -0.25) is 9.59 Å². The highest BCUT2D eigenvalue weighted by Gasteiger charge is 2.38. The maximum atomic E-state index is 13.3. The molecule has 0 spiro atoms. The fourth-order valence-electron chi connectivity index (χ4n) is 3.75. The summed E-state index contributed by atoms with van der Waals surface area (Å²) in [6, 6.07) is 12.9. The van der Waals surface area contributed by atoms with Gasteiger partial charge in [0.1, 0.15) is 6.23 Å². The first-order valence-corrected chi connectivity index (χ1v) is 11.5. The average molecular weight is 446 g/mol. The number of hydrogen-bond acceptors (Lipinski definition) is 5. The van der Waals surface area contributed by atoms with Crippen molar-refractivity contribution in [1.29, 1.82) is 0 Å². The molecule has 166 valence electrons. The largest absolute Gasteiger partial charge is 0.359 e. The van der Waals surface area contributed by atoms with Gasteiger partial charge in [0.2, 0.25) is 10.0 Å². The van der Waals surface area contributed by atoms with Crippen molar-refractivity contribution in [2.45, 2.75) is 38.4 Å². The second kappa shape index (κ2) is 9.59. The minimum atomic E-state index is -3.82. The summed E-state index contributed by atoms with van der Waals surface area (Å²) in [6.07, 6.45) is -0.879. The minimum Gasteiger partial charge on any atom is -0.359 e. The molecule has 0 aliphatic carbocycles. The summed E-state index contributed by atoms with van der Waals surface area (Å²) >= 11 is 0. The van der Waals surface area contributed by atoms with Gasteiger partial charge in [0.05, 0.1) is 18.0 Å². The zero-order chi connectivity index (χ0) is 22.6. The number of hydrogen-bond donors (Lipinski definition) is 2. The van der Waals surface area contributed by atoms with Gasteiger partial charge in [-0.2, -0.15) is 4.31 Å². The van der Waals surface area contributed by atoms with E-state index in [1.807, 2.05) is 49.4 Å². The Morgan fingerprint density at radius 3 is 2.29 bits per heavy atom. The van der Waals surface area contributed by atoms with Gasteiger partial charge in [-0.1, -0.05) is 48.0 Å². The Labute approximate surface area is 182 Å². The smallest absolute Gasteiger partial charge is 0.309 e. The molecule has 3 rings (SSSR count). The quantitative estimate of drug-likeness (QED) is 0.654. The van der Waals surface area contributed by atoms with Crippen LogP contribution < -0.4 is 10.6 Å². The molecule has 2 aromatic rings. The first-order valence-electron chi connectivity index (χ1n) is 10.0. The molecule has 2 aromatic carbocycles. The summed E-state index contributed by atoms with van der Waals surface area (Å²) in [5, 5.41) is 5.01. The van der Waals surface area contributed by atoms with E-state index in [-0.39, 0.29) is 31.1 Å². The van der Waals surface area contributed by atoms with Crippen LogP contribution in [0.1, 0.15) is 22.3 Å². The molecule has 0 unspecified atom stereocenters. The van der Waals surface area contributed by atoms with Crippen molar-refractivity contribution in [3.8, 4) is 0 Å². The number of rotatable bonds is 6. The molecule has 0 radical (unpaired) electrons. The van der Waals surface area contributed by atoms with Gasteiger partial charge in [0.25, 0.3) is 0 Å². The van der Waals surface area contributed by atoms with Gasteiger partial charge in [-0.05, 0) is 37.5 Å². The summed E-state index contributed by atoms with van der Waals surface area (Å²) in [4.78, 5) is 24.4. The van der Waals surface area contributed by atoms with E-state index in [2.05, 4.69) is 10.6 Å². The van der Waals surface area contributed by atoms with Crippen molar-refractivity contribution in [2.24, 2.45) is 0 Å². The van der Waals surface area contributed by atoms with Gasteiger partial charge in [0, 0.05) is 13.1 Å². The second-order valence-corrected chi connectivity index (χ2v) is 9.37. The van der Waals surface area contributed by atoms with E-state index in [9.17, 15) is 18.0 Å².